The summed E-state index contributed by atoms with van der Waals surface area (Å²) >= 11 is 0. The Morgan fingerprint density at radius 1 is 0.917 bits per heavy atom. The molecule has 24 heavy (non-hydrogen) atoms. The van der Waals surface area contributed by atoms with Crippen LogP contribution in [0, 0.1) is 5.92 Å². The molecule has 2 aromatic rings. The van der Waals surface area contributed by atoms with Gasteiger partial charge in [0.05, 0.1) is 0 Å². The molecule has 0 radical (unpaired) electrons. The molecular formula is C20H26O4. The van der Waals surface area contributed by atoms with E-state index in [0.29, 0.717) is 19.3 Å². The molecule has 2 aromatic carbocycles. The summed E-state index contributed by atoms with van der Waals surface area (Å²) in [4.78, 5) is 0. The van der Waals surface area contributed by atoms with Gasteiger partial charge in [0.1, 0.15) is 11.5 Å². The molecule has 0 bridgehead atoms. The molecular weight excluding hydrogens is 304 g/mol. The summed E-state index contributed by atoms with van der Waals surface area (Å²) in [6.45, 7) is 1.91. The molecule has 130 valence electrons. The van der Waals surface area contributed by atoms with Crippen molar-refractivity contribution in [1.82, 2.24) is 0 Å². The maximum atomic E-state index is 10.4. The number of aliphatic hydroxyl groups is 2. The molecule has 0 fully saturated rings. The summed E-state index contributed by atoms with van der Waals surface area (Å²) in [7, 11) is 0. The van der Waals surface area contributed by atoms with Crippen molar-refractivity contribution in [2.75, 3.05) is 13.2 Å². The van der Waals surface area contributed by atoms with Crippen LogP contribution in [0.15, 0.2) is 36.4 Å². The van der Waals surface area contributed by atoms with Gasteiger partial charge in [-0.05, 0) is 42.4 Å². The highest BCUT2D eigenvalue weighted by molar-refractivity contribution is 5.76. The SMILES string of the molecule is CCc1c(O)cc(O)c(-c2ccccc2)c1CCCC(CO)CO. The monoisotopic (exact) mass is 330 g/mol. The number of benzene rings is 2. The number of aliphatic hydroxyl groups excluding tert-OH is 2. The lowest BCUT2D eigenvalue weighted by molar-refractivity contribution is 0.142. The third-order valence-corrected chi connectivity index (χ3v) is 4.48. The van der Waals surface area contributed by atoms with Gasteiger partial charge in [0, 0.05) is 30.8 Å². The topological polar surface area (TPSA) is 80.9 Å². The second-order valence-corrected chi connectivity index (χ2v) is 6.09. The summed E-state index contributed by atoms with van der Waals surface area (Å²) in [5.41, 5.74) is 3.46. The van der Waals surface area contributed by atoms with Gasteiger partial charge in [-0.2, -0.15) is 0 Å². The Labute approximate surface area is 143 Å². The maximum absolute atomic E-state index is 10.4. The van der Waals surface area contributed by atoms with Gasteiger partial charge in [0.25, 0.3) is 0 Å². The van der Waals surface area contributed by atoms with E-state index in [0.717, 1.165) is 28.7 Å². The van der Waals surface area contributed by atoms with E-state index in [-0.39, 0.29) is 30.6 Å². The first-order valence-electron chi connectivity index (χ1n) is 8.46. The largest absolute Gasteiger partial charge is 0.508 e. The van der Waals surface area contributed by atoms with Crippen molar-refractivity contribution in [1.29, 1.82) is 0 Å². The highest BCUT2D eigenvalue weighted by atomic mass is 16.3. The molecule has 0 heterocycles. The number of phenols is 2. The summed E-state index contributed by atoms with van der Waals surface area (Å²) in [5, 5.41) is 39.0. The van der Waals surface area contributed by atoms with Crippen LogP contribution in [0.1, 0.15) is 30.9 Å². The highest BCUT2D eigenvalue weighted by Crippen LogP contribution is 2.40. The van der Waals surface area contributed by atoms with Crippen LogP contribution in [0.3, 0.4) is 0 Å². The van der Waals surface area contributed by atoms with Gasteiger partial charge in [-0.1, -0.05) is 37.3 Å². The van der Waals surface area contributed by atoms with Gasteiger partial charge in [-0.3, -0.25) is 0 Å². The Morgan fingerprint density at radius 2 is 1.58 bits per heavy atom. The Morgan fingerprint density at radius 3 is 2.17 bits per heavy atom. The normalized spacial score (nSPS) is 11.2. The molecule has 0 aliphatic rings. The van der Waals surface area contributed by atoms with Crippen molar-refractivity contribution < 1.29 is 20.4 Å². The fraction of sp³-hybridized carbons (Fsp3) is 0.400. The van der Waals surface area contributed by atoms with E-state index in [1.807, 2.05) is 37.3 Å². The zero-order valence-corrected chi connectivity index (χ0v) is 14.1. The predicted molar refractivity (Wildman–Crippen MR) is 95.2 cm³/mol. The Hall–Kier alpha value is -2.04. The molecule has 0 atom stereocenters. The summed E-state index contributed by atoms with van der Waals surface area (Å²) in [6.07, 6.45) is 2.80. The third-order valence-electron chi connectivity index (χ3n) is 4.48. The fourth-order valence-electron chi connectivity index (χ4n) is 3.15. The van der Waals surface area contributed by atoms with Gasteiger partial charge in [-0.25, -0.2) is 0 Å². The average molecular weight is 330 g/mol. The molecule has 0 saturated heterocycles. The molecule has 0 aliphatic carbocycles. The molecule has 0 saturated carbocycles. The molecule has 4 heteroatoms. The van der Waals surface area contributed by atoms with E-state index in [1.165, 1.54) is 6.07 Å². The van der Waals surface area contributed by atoms with Crippen LogP contribution in [0.5, 0.6) is 11.5 Å². The Balaban J connectivity index is 2.39. The lowest BCUT2D eigenvalue weighted by Crippen LogP contribution is -2.11. The Bertz CT molecular complexity index is 648. The van der Waals surface area contributed by atoms with Crippen LogP contribution < -0.4 is 0 Å². The van der Waals surface area contributed by atoms with E-state index < -0.39 is 0 Å². The fourth-order valence-corrected chi connectivity index (χ4v) is 3.15. The first-order chi connectivity index (χ1) is 11.6. The van der Waals surface area contributed by atoms with E-state index >= 15 is 0 Å². The second kappa shape index (κ2) is 8.71. The number of hydrogen-bond donors (Lipinski definition) is 4. The van der Waals surface area contributed by atoms with Crippen molar-refractivity contribution in [3.05, 3.63) is 47.5 Å². The predicted octanol–water partition coefficient (Wildman–Crippen LogP) is 3.25. The molecule has 4 nitrogen and oxygen atoms in total. The van der Waals surface area contributed by atoms with Gasteiger partial charge in [0.15, 0.2) is 0 Å². The van der Waals surface area contributed by atoms with Crippen LogP contribution >= 0.6 is 0 Å². The molecule has 0 amide bonds. The summed E-state index contributed by atoms with van der Waals surface area (Å²) < 4.78 is 0. The van der Waals surface area contributed by atoms with Crippen LogP contribution in [0.4, 0.5) is 0 Å². The number of aromatic hydroxyl groups is 2. The van der Waals surface area contributed by atoms with Crippen molar-refractivity contribution in [3.8, 4) is 22.6 Å². The standard InChI is InChI=1S/C20H26O4/c1-2-16-17(10-6-7-14(12-21)13-22)20(19(24)11-18(16)23)15-8-4-3-5-9-15/h3-5,8-9,11,14,21-24H,2,6-7,10,12-13H2,1H3. The molecule has 2 rings (SSSR count). The van der Waals surface area contributed by atoms with Gasteiger partial charge >= 0.3 is 0 Å². The second-order valence-electron chi connectivity index (χ2n) is 6.09. The zero-order valence-electron chi connectivity index (χ0n) is 14.1. The molecule has 4 N–H and O–H groups in total. The first kappa shape index (κ1) is 18.3. The van der Waals surface area contributed by atoms with Crippen LogP contribution in [-0.4, -0.2) is 33.6 Å². The van der Waals surface area contributed by atoms with Crippen molar-refractivity contribution in [3.63, 3.8) is 0 Å². The molecule has 0 aliphatic heterocycles. The summed E-state index contributed by atoms with van der Waals surface area (Å²) in [5.74, 6) is 0.0680. The van der Waals surface area contributed by atoms with Gasteiger partial charge < -0.3 is 20.4 Å². The van der Waals surface area contributed by atoms with Crippen molar-refractivity contribution in [2.45, 2.75) is 32.6 Å². The van der Waals surface area contributed by atoms with E-state index in [1.54, 1.807) is 0 Å². The van der Waals surface area contributed by atoms with Crippen LogP contribution in [0.25, 0.3) is 11.1 Å². The molecule has 0 spiro atoms. The third kappa shape index (κ3) is 4.08. The van der Waals surface area contributed by atoms with Crippen LogP contribution in [-0.2, 0) is 12.8 Å². The quantitative estimate of drug-likeness (QED) is 0.599. The maximum Gasteiger partial charge on any atom is 0.127 e. The lowest BCUT2D eigenvalue weighted by Gasteiger charge is -2.18. The summed E-state index contributed by atoms with van der Waals surface area (Å²) in [6, 6.07) is 11.1. The van der Waals surface area contributed by atoms with Crippen molar-refractivity contribution in [2.24, 2.45) is 5.92 Å². The van der Waals surface area contributed by atoms with Gasteiger partial charge in [-0.15, -0.1) is 0 Å². The number of hydrogen-bond acceptors (Lipinski definition) is 4. The lowest BCUT2D eigenvalue weighted by atomic mass is 9.88. The van der Waals surface area contributed by atoms with E-state index in [4.69, 9.17) is 0 Å². The minimum atomic E-state index is -0.124. The minimum absolute atomic E-state index is 0.0338. The smallest absolute Gasteiger partial charge is 0.127 e. The van der Waals surface area contributed by atoms with E-state index in [2.05, 4.69) is 0 Å². The van der Waals surface area contributed by atoms with Gasteiger partial charge in [0.2, 0.25) is 0 Å². The van der Waals surface area contributed by atoms with Crippen molar-refractivity contribution >= 4 is 0 Å². The minimum Gasteiger partial charge on any atom is -0.508 e. The van der Waals surface area contributed by atoms with Crippen LogP contribution in [0.2, 0.25) is 0 Å². The first-order valence-corrected chi connectivity index (χ1v) is 8.46. The Kier molecular flexibility index (Phi) is 6.64. The van der Waals surface area contributed by atoms with E-state index in [9.17, 15) is 20.4 Å². The number of rotatable bonds is 8. The molecule has 0 unspecified atom stereocenters. The zero-order chi connectivity index (χ0) is 17.5. The highest BCUT2D eigenvalue weighted by Gasteiger charge is 2.18. The number of phenolic OH excluding ortho intramolecular Hbond substituents is 2. The molecule has 0 aromatic heterocycles. The average Bonchev–Trinajstić information content (AvgIpc) is 2.59.